The zero-order valence-electron chi connectivity index (χ0n) is 9.98. The van der Waals surface area contributed by atoms with Gasteiger partial charge in [-0.05, 0) is 18.8 Å². The smallest absolute Gasteiger partial charge is 0.273 e. The molecule has 1 fully saturated rings. The summed E-state index contributed by atoms with van der Waals surface area (Å²) in [6, 6.07) is 1.50. The number of nitrogens with one attached hydrogen (secondary N) is 1. The Morgan fingerprint density at radius 2 is 2.59 bits per heavy atom. The predicted molar refractivity (Wildman–Crippen MR) is 61.4 cm³/mol. The van der Waals surface area contributed by atoms with E-state index in [4.69, 9.17) is 0 Å². The van der Waals surface area contributed by atoms with Crippen LogP contribution in [-0.4, -0.2) is 28.3 Å². The second kappa shape index (κ2) is 4.87. The lowest BCUT2D eigenvalue weighted by molar-refractivity contribution is -0.0110. The van der Waals surface area contributed by atoms with Crippen molar-refractivity contribution in [1.82, 2.24) is 10.5 Å². The van der Waals surface area contributed by atoms with Crippen LogP contribution in [0.15, 0.2) is 16.9 Å². The molecule has 1 aromatic heterocycles. The minimum absolute atomic E-state index is 0.248. The monoisotopic (exact) mass is 238 g/mol. The molecular formula is C12H18N2O3. The van der Waals surface area contributed by atoms with E-state index in [1.54, 1.807) is 0 Å². The molecule has 17 heavy (non-hydrogen) atoms. The minimum Gasteiger partial charge on any atom is -0.388 e. The van der Waals surface area contributed by atoms with Gasteiger partial charge in [0.1, 0.15) is 6.26 Å². The van der Waals surface area contributed by atoms with E-state index >= 15 is 0 Å². The van der Waals surface area contributed by atoms with Gasteiger partial charge in [0.05, 0.1) is 5.60 Å². The average Bonchev–Trinajstić information content (AvgIpc) is 2.79. The van der Waals surface area contributed by atoms with Crippen molar-refractivity contribution in [3.05, 3.63) is 18.0 Å². The zero-order chi connectivity index (χ0) is 12.3. The Balaban J connectivity index is 1.87. The molecule has 1 aromatic rings. The predicted octanol–water partition coefficient (Wildman–Crippen LogP) is 1.35. The Morgan fingerprint density at radius 1 is 1.76 bits per heavy atom. The van der Waals surface area contributed by atoms with Gasteiger partial charge in [-0.3, -0.25) is 4.79 Å². The van der Waals surface area contributed by atoms with Crippen molar-refractivity contribution in [3.63, 3.8) is 0 Å². The van der Waals surface area contributed by atoms with Crippen LogP contribution in [-0.2, 0) is 0 Å². The van der Waals surface area contributed by atoms with Gasteiger partial charge < -0.3 is 14.9 Å². The van der Waals surface area contributed by atoms with Gasteiger partial charge in [-0.25, -0.2) is 0 Å². The molecule has 5 nitrogen and oxygen atoms in total. The number of aliphatic hydroxyl groups is 1. The maximum Gasteiger partial charge on any atom is 0.273 e. The second-order valence-corrected chi connectivity index (χ2v) is 4.99. The van der Waals surface area contributed by atoms with Gasteiger partial charge in [0.15, 0.2) is 5.69 Å². The van der Waals surface area contributed by atoms with Gasteiger partial charge in [-0.15, -0.1) is 0 Å². The highest BCUT2D eigenvalue weighted by Gasteiger charge is 2.33. The van der Waals surface area contributed by atoms with Crippen molar-refractivity contribution in [2.24, 2.45) is 5.92 Å². The summed E-state index contributed by atoms with van der Waals surface area (Å²) in [5.74, 6) is 0.211. The SMILES string of the molecule is CC1CCCC(O)(CNC(=O)c2ccon2)C1. The molecule has 2 unspecified atom stereocenters. The highest BCUT2D eigenvalue weighted by molar-refractivity contribution is 5.91. The minimum atomic E-state index is -0.767. The number of rotatable bonds is 3. The fourth-order valence-electron chi connectivity index (χ4n) is 2.46. The Labute approximate surface area is 100 Å². The van der Waals surface area contributed by atoms with Crippen molar-refractivity contribution >= 4 is 5.91 Å². The molecule has 0 saturated heterocycles. The van der Waals surface area contributed by atoms with Crippen LogP contribution in [0.4, 0.5) is 0 Å². The second-order valence-electron chi connectivity index (χ2n) is 4.99. The summed E-state index contributed by atoms with van der Waals surface area (Å²) in [5.41, 5.74) is -0.519. The van der Waals surface area contributed by atoms with Crippen LogP contribution in [0.2, 0.25) is 0 Å². The summed E-state index contributed by atoms with van der Waals surface area (Å²) in [5, 5.41) is 16.6. The molecule has 0 aliphatic heterocycles. The molecule has 2 rings (SSSR count). The molecule has 1 heterocycles. The van der Waals surface area contributed by atoms with Crippen molar-refractivity contribution < 1.29 is 14.4 Å². The van der Waals surface area contributed by atoms with E-state index in [-0.39, 0.29) is 18.1 Å². The van der Waals surface area contributed by atoms with E-state index in [1.165, 1.54) is 12.3 Å². The van der Waals surface area contributed by atoms with Gasteiger partial charge in [0.2, 0.25) is 0 Å². The van der Waals surface area contributed by atoms with E-state index in [0.717, 1.165) is 25.7 Å². The largest absolute Gasteiger partial charge is 0.388 e. The molecule has 2 atom stereocenters. The average molecular weight is 238 g/mol. The summed E-state index contributed by atoms with van der Waals surface area (Å²) in [6.07, 6.45) is 5.01. The van der Waals surface area contributed by atoms with Crippen LogP contribution in [0.25, 0.3) is 0 Å². The molecule has 0 aromatic carbocycles. The van der Waals surface area contributed by atoms with Crippen LogP contribution in [0.3, 0.4) is 0 Å². The molecule has 0 bridgehead atoms. The Morgan fingerprint density at radius 3 is 3.24 bits per heavy atom. The number of carbonyl (C=O) groups excluding carboxylic acids is 1. The molecule has 0 spiro atoms. The normalized spacial score (nSPS) is 28.9. The number of nitrogens with zero attached hydrogens (tertiary/aromatic N) is 1. The first-order valence-corrected chi connectivity index (χ1v) is 6.00. The highest BCUT2D eigenvalue weighted by atomic mass is 16.5. The molecular weight excluding hydrogens is 220 g/mol. The third-order valence-corrected chi connectivity index (χ3v) is 3.32. The molecule has 0 radical (unpaired) electrons. The standard InChI is InChI=1S/C12H18N2O3/c1-9-3-2-5-12(16,7-9)8-13-11(15)10-4-6-17-14-10/h4,6,9,16H,2-3,5,7-8H2,1H3,(H,13,15). The van der Waals surface area contributed by atoms with E-state index in [2.05, 4.69) is 21.9 Å². The van der Waals surface area contributed by atoms with Crippen molar-refractivity contribution in [3.8, 4) is 0 Å². The van der Waals surface area contributed by atoms with E-state index in [0.29, 0.717) is 5.92 Å². The first kappa shape index (κ1) is 12.1. The topological polar surface area (TPSA) is 75.4 Å². The van der Waals surface area contributed by atoms with Gasteiger partial charge in [-0.2, -0.15) is 0 Å². The van der Waals surface area contributed by atoms with Crippen molar-refractivity contribution in [1.29, 1.82) is 0 Å². The van der Waals surface area contributed by atoms with Crippen LogP contribution in [0.1, 0.15) is 43.1 Å². The molecule has 1 aliphatic carbocycles. The molecule has 5 heteroatoms. The number of amides is 1. The molecule has 1 saturated carbocycles. The summed E-state index contributed by atoms with van der Waals surface area (Å²) in [7, 11) is 0. The Kier molecular flexibility index (Phi) is 3.47. The fraction of sp³-hybridized carbons (Fsp3) is 0.667. The van der Waals surface area contributed by atoms with Crippen LogP contribution in [0, 0.1) is 5.92 Å². The van der Waals surface area contributed by atoms with E-state index in [1.807, 2.05) is 0 Å². The lowest BCUT2D eigenvalue weighted by atomic mass is 9.79. The Hall–Kier alpha value is -1.36. The van der Waals surface area contributed by atoms with Crippen LogP contribution >= 0.6 is 0 Å². The molecule has 2 N–H and O–H groups in total. The summed E-state index contributed by atoms with van der Waals surface area (Å²) in [4.78, 5) is 11.6. The van der Waals surface area contributed by atoms with Crippen molar-refractivity contribution in [2.75, 3.05) is 6.54 Å². The maximum atomic E-state index is 11.6. The molecule has 94 valence electrons. The number of aromatic nitrogens is 1. The summed E-state index contributed by atoms with van der Waals surface area (Å²) >= 11 is 0. The van der Waals surface area contributed by atoms with E-state index in [9.17, 15) is 9.90 Å². The lowest BCUT2D eigenvalue weighted by Crippen LogP contribution is -2.45. The molecule has 1 aliphatic rings. The van der Waals surface area contributed by atoms with Gasteiger partial charge in [0.25, 0.3) is 5.91 Å². The maximum absolute atomic E-state index is 11.6. The third-order valence-electron chi connectivity index (χ3n) is 3.32. The van der Waals surface area contributed by atoms with E-state index < -0.39 is 5.60 Å². The van der Waals surface area contributed by atoms with Gasteiger partial charge in [0, 0.05) is 12.6 Å². The van der Waals surface area contributed by atoms with Crippen LogP contribution in [0.5, 0.6) is 0 Å². The number of carbonyl (C=O) groups is 1. The Bertz CT molecular complexity index is 377. The van der Waals surface area contributed by atoms with Gasteiger partial charge >= 0.3 is 0 Å². The first-order valence-electron chi connectivity index (χ1n) is 6.00. The quantitative estimate of drug-likeness (QED) is 0.833. The summed E-state index contributed by atoms with van der Waals surface area (Å²) < 4.78 is 4.60. The lowest BCUT2D eigenvalue weighted by Gasteiger charge is -2.35. The van der Waals surface area contributed by atoms with Crippen LogP contribution < -0.4 is 5.32 Å². The number of hydrogen-bond donors (Lipinski definition) is 2. The highest BCUT2D eigenvalue weighted by Crippen LogP contribution is 2.31. The summed E-state index contributed by atoms with van der Waals surface area (Å²) in [6.45, 7) is 2.41. The third kappa shape index (κ3) is 3.06. The molecule has 1 amide bonds. The van der Waals surface area contributed by atoms with Gasteiger partial charge in [-0.1, -0.05) is 24.9 Å². The fourth-order valence-corrected chi connectivity index (χ4v) is 2.46. The first-order chi connectivity index (χ1) is 8.09. The zero-order valence-corrected chi connectivity index (χ0v) is 9.98. The van der Waals surface area contributed by atoms with Crippen molar-refractivity contribution in [2.45, 2.75) is 38.2 Å². The number of hydrogen-bond acceptors (Lipinski definition) is 4.